The highest BCUT2D eigenvalue weighted by Gasteiger charge is 2.12. The number of halogens is 1. The minimum absolute atomic E-state index is 0.0788. The molecule has 2 N–H and O–H groups in total. The maximum absolute atomic E-state index is 6.14. The van der Waals surface area contributed by atoms with Crippen LogP contribution in [0.2, 0.25) is 5.02 Å². The second-order valence-electron chi connectivity index (χ2n) is 3.84. The first-order chi connectivity index (χ1) is 7.68. The lowest BCUT2D eigenvalue weighted by molar-refractivity contribution is 0.488. The van der Waals surface area contributed by atoms with Gasteiger partial charge in [0.25, 0.3) is 0 Å². The number of benzene rings is 1. The molecule has 0 saturated carbocycles. The van der Waals surface area contributed by atoms with Crippen molar-refractivity contribution >= 4 is 11.6 Å². The van der Waals surface area contributed by atoms with Crippen LogP contribution < -0.4 is 5.73 Å². The third-order valence-corrected chi connectivity index (χ3v) is 3.12. The molecular weight excluding hydrogens is 222 g/mol. The molecule has 1 heterocycles. The molecule has 1 aromatic carbocycles. The van der Waals surface area contributed by atoms with E-state index in [0.717, 1.165) is 21.9 Å². The van der Waals surface area contributed by atoms with Crippen LogP contribution in [0.5, 0.6) is 0 Å². The van der Waals surface area contributed by atoms with E-state index in [1.165, 1.54) is 0 Å². The Labute approximate surface area is 100 Å². The molecule has 84 valence electrons. The average Bonchev–Trinajstić information content (AvgIpc) is 2.74. The van der Waals surface area contributed by atoms with Crippen LogP contribution in [0.3, 0.4) is 0 Å². The first-order valence-electron chi connectivity index (χ1n) is 5.21. The second-order valence-corrected chi connectivity index (χ2v) is 4.25. The topological polar surface area (TPSA) is 39.2 Å². The van der Waals surface area contributed by atoms with Gasteiger partial charge in [0.1, 0.15) is 5.76 Å². The third-order valence-electron chi connectivity index (χ3n) is 2.71. The molecule has 3 heteroatoms. The lowest BCUT2D eigenvalue weighted by atomic mass is 9.99. The Kier molecular flexibility index (Phi) is 3.32. The van der Waals surface area contributed by atoms with Gasteiger partial charge in [0.05, 0.1) is 6.26 Å². The lowest BCUT2D eigenvalue weighted by Crippen LogP contribution is -2.14. The Bertz CT molecular complexity index is 465. The van der Waals surface area contributed by atoms with Gasteiger partial charge < -0.3 is 10.2 Å². The molecule has 0 spiro atoms. The summed E-state index contributed by atoms with van der Waals surface area (Å²) in [6.45, 7) is 1.99. The van der Waals surface area contributed by atoms with Crippen molar-refractivity contribution in [2.45, 2.75) is 19.4 Å². The van der Waals surface area contributed by atoms with E-state index in [1.54, 1.807) is 6.26 Å². The fourth-order valence-corrected chi connectivity index (χ4v) is 1.96. The molecule has 0 aliphatic rings. The van der Waals surface area contributed by atoms with Gasteiger partial charge in [-0.2, -0.15) is 0 Å². The van der Waals surface area contributed by atoms with Crippen molar-refractivity contribution in [1.29, 1.82) is 0 Å². The van der Waals surface area contributed by atoms with Gasteiger partial charge in [-0.3, -0.25) is 0 Å². The lowest BCUT2D eigenvalue weighted by Gasteiger charge is -2.14. The molecule has 0 radical (unpaired) electrons. The molecule has 2 nitrogen and oxygen atoms in total. The van der Waals surface area contributed by atoms with Gasteiger partial charge in [0, 0.05) is 17.5 Å². The van der Waals surface area contributed by atoms with Crippen molar-refractivity contribution in [2.24, 2.45) is 5.73 Å². The van der Waals surface area contributed by atoms with Gasteiger partial charge >= 0.3 is 0 Å². The molecule has 0 fully saturated rings. The van der Waals surface area contributed by atoms with E-state index in [0.29, 0.717) is 6.42 Å². The third kappa shape index (κ3) is 2.29. The Morgan fingerprint density at radius 1 is 1.31 bits per heavy atom. The zero-order chi connectivity index (χ0) is 11.5. The molecule has 2 aromatic rings. The summed E-state index contributed by atoms with van der Waals surface area (Å²) in [4.78, 5) is 0. The van der Waals surface area contributed by atoms with Crippen LogP contribution in [-0.2, 0) is 6.42 Å². The number of hydrogen-bond donors (Lipinski definition) is 1. The van der Waals surface area contributed by atoms with Crippen molar-refractivity contribution in [3.63, 3.8) is 0 Å². The highest BCUT2D eigenvalue weighted by atomic mass is 35.5. The highest BCUT2D eigenvalue weighted by molar-refractivity contribution is 6.31. The van der Waals surface area contributed by atoms with E-state index in [4.69, 9.17) is 21.8 Å². The van der Waals surface area contributed by atoms with Crippen LogP contribution in [0.25, 0.3) is 0 Å². The molecule has 0 amide bonds. The van der Waals surface area contributed by atoms with Crippen molar-refractivity contribution in [3.05, 3.63) is 58.5 Å². The number of furan rings is 1. The van der Waals surface area contributed by atoms with Gasteiger partial charge in [-0.15, -0.1) is 0 Å². The molecule has 1 atom stereocenters. The Morgan fingerprint density at radius 3 is 2.81 bits per heavy atom. The summed E-state index contributed by atoms with van der Waals surface area (Å²) < 4.78 is 5.28. The summed E-state index contributed by atoms with van der Waals surface area (Å²) in [5.41, 5.74) is 8.25. The summed E-state index contributed by atoms with van der Waals surface area (Å²) in [5, 5.41) is 0.757. The van der Waals surface area contributed by atoms with E-state index in [1.807, 2.05) is 37.3 Å². The zero-order valence-electron chi connectivity index (χ0n) is 9.11. The first-order valence-corrected chi connectivity index (χ1v) is 5.59. The maximum atomic E-state index is 6.14. The summed E-state index contributed by atoms with van der Waals surface area (Å²) in [6, 6.07) is 9.53. The number of rotatable bonds is 3. The molecule has 16 heavy (non-hydrogen) atoms. The smallest absolute Gasteiger partial charge is 0.105 e. The van der Waals surface area contributed by atoms with E-state index < -0.39 is 0 Å². The molecular formula is C13H14ClNO. The van der Waals surface area contributed by atoms with Gasteiger partial charge in [-0.25, -0.2) is 0 Å². The van der Waals surface area contributed by atoms with Crippen LogP contribution in [-0.4, -0.2) is 0 Å². The van der Waals surface area contributed by atoms with E-state index >= 15 is 0 Å². The second kappa shape index (κ2) is 4.73. The highest BCUT2D eigenvalue weighted by Crippen LogP contribution is 2.25. The summed E-state index contributed by atoms with van der Waals surface area (Å²) >= 11 is 6.06. The first kappa shape index (κ1) is 11.2. The van der Waals surface area contributed by atoms with Crippen molar-refractivity contribution < 1.29 is 4.42 Å². The van der Waals surface area contributed by atoms with E-state index in [9.17, 15) is 0 Å². The fraction of sp³-hybridized carbons (Fsp3) is 0.231. The van der Waals surface area contributed by atoms with Crippen molar-refractivity contribution in [1.82, 2.24) is 0 Å². The Morgan fingerprint density at radius 2 is 2.12 bits per heavy atom. The molecule has 1 aromatic heterocycles. The molecule has 2 rings (SSSR count). The fourth-order valence-electron chi connectivity index (χ4n) is 1.78. The predicted molar refractivity (Wildman–Crippen MR) is 65.5 cm³/mol. The van der Waals surface area contributed by atoms with Gasteiger partial charge in [0.2, 0.25) is 0 Å². The van der Waals surface area contributed by atoms with E-state index in [-0.39, 0.29) is 6.04 Å². The minimum atomic E-state index is -0.0788. The number of hydrogen-bond acceptors (Lipinski definition) is 2. The molecule has 0 bridgehead atoms. The normalized spacial score (nSPS) is 12.7. The Hall–Kier alpha value is -1.25. The maximum Gasteiger partial charge on any atom is 0.105 e. The standard InChI is InChI=1S/C13H14ClNO/c1-9-11(5-2-6-12(9)14)13(15)8-10-4-3-7-16-10/h2-7,13H,8,15H2,1H3. The molecule has 0 aliphatic heterocycles. The van der Waals surface area contributed by atoms with Gasteiger partial charge in [0.15, 0.2) is 0 Å². The van der Waals surface area contributed by atoms with Gasteiger partial charge in [-0.1, -0.05) is 23.7 Å². The monoisotopic (exact) mass is 235 g/mol. The van der Waals surface area contributed by atoms with Crippen LogP contribution in [0.15, 0.2) is 41.0 Å². The van der Waals surface area contributed by atoms with Gasteiger partial charge in [-0.05, 0) is 36.2 Å². The predicted octanol–water partition coefficient (Wildman–Crippen LogP) is 3.48. The molecule has 1 unspecified atom stereocenters. The van der Waals surface area contributed by atoms with Crippen LogP contribution in [0.1, 0.15) is 22.9 Å². The average molecular weight is 236 g/mol. The van der Waals surface area contributed by atoms with Crippen LogP contribution >= 0.6 is 11.6 Å². The molecule has 0 saturated heterocycles. The molecule has 0 aliphatic carbocycles. The zero-order valence-corrected chi connectivity index (χ0v) is 9.87. The summed E-state index contributed by atoms with van der Waals surface area (Å²) in [7, 11) is 0. The number of nitrogens with two attached hydrogens (primary N) is 1. The quantitative estimate of drug-likeness (QED) is 0.885. The summed E-state index contributed by atoms with van der Waals surface area (Å²) in [6.07, 6.45) is 2.35. The van der Waals surface area contributed by atoms with Crippen LogP contribution in [0, 0.1) is 6.92 Å². The van der Waals surface area contributed by atoms with Crippen LogP contribution in [0.4, 0.5) is 0 Å². The largest absolute Gasteiger partial charge is 0.469 e. The SMILES string of the molecule is Cc1c(Cl)cccc1C(N)Cc1ccco1. The van der Waals surface area contributed by atoms with Crippen molar-refractivity contribution in [3.8, 4) is 0 Å². The summed E-state index contributed by atoms with van der Waals surface area (Å²) in [5.74, 6) is 0.895. The van der Waals surface area contributed by atoms with Crippen molar-refractivity contribution in [2.75, 3.05) is 0 Å². The van der Waals surface area contributed by atoms with E-state index in [2.05, 4.69) is 0 Å². The Balaban J connectivity index is 2.21. The minimum Gasteiger partial charge on any atom is -0.469 e.